The number of Topliss-reactive ketones (excluding diaryl/α,β-unsaturated/α-hetero) is 1. The topological polar surface area (TPSA) is 33.2 Å². The van der Waals surface area contributed by atoms with Gasteiger partial charge < -0.3 is 4.90 Å². The minimum Gasteiger partial charge on any atom is -0.364 e. The molecule has 1 aromatic heterocycles. The normalized spacial score (nSPS) is 17.0. The summed E-state index contributed by atoms with van der Waals surface area (Å²) in [4.78, 5) is 17.0. The van der Waals surface area contributed by atoms with Crippen LogP contribution >= 0.6 is 0 Å². The Morgan fingerprint density at radius 3 is 2.67 bits per heavy atom. The molecule has 1 aliphatic heterocycles. The summed E-state index contributed by atoms with van der Waals surface area (Å²) in [6.07, 6.45) is 4.18. The van der Waals surface area contributed by atoms with Gasteiger partial charge in [-0.25, -0.2) is 0 Å². The van der Waals surface area contributed by atoms with Crippen molar-refractivity contribution < 1.29 is 4.79 Å². The third-order valence-electron chi connectivity index (χ3n) is 2.06. The third kappa shape index (κ3) is 1.30. The molecule has 0 bridgehead atoms. The standard InChI is InChI=1S/C9H10N2O/c12-9-3-6-11(7-9)8-1-4-10-5-2-8/h1-2,4-5H,3,6-7H2. The molecule has 1 saturated heterocycles. The van der Waals surface area contributed by atoms with Crippen LogP contribution in [0.25, 0.3) is 0 Å². The molecule has 1 fully saturated rings. The number of ketones is 1. The Hall–Kier alpha value is -1.38. The average molecular weight is 162 g/mol. The number of nitrogens with zero attached hydrogens (tertiary/aromatic N) is 2. The predicted molar refractivity (Wildman–Crippen MR) is 46.1 cm³/mol. The lowest BCUT2D eigenvalue weighted by Crippen LogP contribution is -2.19. The molecule has 0 radical (unpaired) electrons. The van der Waals surface area contributed by atoms with Crippen LogP contribution in [0.2, 0.25) is 0 Å². The third-order valence-corrected chi connectivity index (χ3v) is 2.06. The molecule has 62 valence electrons. The Bertz CT molecular complexity index is 284. The molecule has 0 N–H and O–H groups in total. The van der Waals surface area contributed by atoms with Gasteiger partial charge >= 0.3 is 0 Å². The summed E-state index contributed by atoms with van der Waals surface area (Å²) in [6, 6.07) is 3.86. The SMILES string of the molecule is O=C1CCN(c2ccncc2)C1. The maximum absolute atomic E-state index is 11.0. The first-order chi connectivity index (χ1) is 5.86. The van der Waals surface area contributed by atoms with Gasteiger partial charge in [0, 0.05) is 31.0 Å². The molecule has 1 aliphatic rings. The van der Waals surface area contributed by atoms with Gasteiger partial charge in [-0.1, -0.05) is 0 Å². The van der Waals surface area contributed by atoms with Crippen molar-refractivity contribution in [1.29, 1.82) is 0 Å². The van der Waals surface area contributed by atoms with Crippen LogP contribution in [0.15, 0.2) is 24.5 Å². The van der Waals surface area contributed by atoms with Crippen molar-refractivity contribution in [2.24, 2.45) is 0 Å². The van der Waals surface area contributed by atoms with E-state index in [1.54, 1.807) is 12.4 Å². The maximum atomic E-state index is 11.0. The van der Waals surface area contributed by atoms with E-state index in [1.807, 2.05) is 12.1 Å². The Kier molecular flexibility index (Phi) is 1.78. The first kappa shape index (κ1) is 7.28. The number of hydrogen-bond acceptors (Lipinski definition) is 3. The van der Waals surface area contributed by atoms with Crippen molar-refractivity contribution in [1.82, 2.24) is 4.98 Å². The zero-order chi connectivity index (χ0) is 8.39. The Morgan fingerprint density at radius 2 is 2.08 bits per heavy atom. The number of aromatic nitrogens is 1. The van der Waals surface area contributed by atoms with E-state index in [1.165, 1.54) is 0 Å². The zero-order valence-corrected chi connectivity index (χ0v) is 6.73. The fourth-order valence-electron chi connectivity index (χ4n) is 1.41. The van der Waals surface area contributed by atoms with E-state index >= 15 is 0 Å². The fourth-order valence-corrected chi connectivity index (χ4v) is 1.41. The van der Waals surface area contributed by atoms with Crippen LogP contribution in [0, 0.1) is 0 Å². The largest absolute Gasteiger partial charge is 0.364 e. The lowest BCUT2D eigenvalue weighted by molar-refractivity contribution is -0.116. The molecule has 2 rings (SSSR count). The van der Waals surface area contributed by atoms with Gasteiger partial charge in [0.1, 0.15) is 0 Å². The van der Waals surface area contributed by atoms with Gasteiger partial charge in [0.2, 0.25) is 0 Å². The van der Waals surface area contributed by atoms with E-state index in [9.17, 15) is 4.79 Å². The quantitative estimate of drug-likeness (QED) is 0.614. The van der Waals surface area contributed by atoms with E-state index in [2.05, 4.69) is 9.88 Å². The summed E-state index contributed by atoms with van der Waals surface area (Å²) in [6.45, 7) is 1.41. The molecule has 0 spiro atoms. The summed E-state index contributed by atoms with van der Waals surface area (Å²) >= 11 is 0. The number of anilines is 1. The van der Waals surface area contributed by atoms with Gasteiger partial charge in [0.15, 0.2) is 5.78 Å². The van der Waals surface area contributed by atoms with Crippen molar-refractivity contribution >= 4 is 11.5 Å². The molecular formula is C9H10N2O. The average Bonchev–Trinajstić information content (AvgIpc) is 2.54. The number of hydrogen-bond donors (Lipinski definition) is 0. The summed E-state index contributed by atoms with van der Waals surface area (Å²) in [5.41, 5.74) is 1.09. The molecular weight excluding hydrogens is 152 g/mol. The Morgan fingerprint density at radius 1 is 1.33 bits per heavy atom. The van der Waals surface area contributed by atoms with Crippen molar-refractivity contribution in [3.63, 3.8) is 0 Å². The molecule has 2 heterocycles. The van der Waals surface area contributed by atoms with E-state index in [0.717, 1.165) is 12.2 Å². The molecule has 3 heteroatoms. The van der Waals surface area contributed by atoms with Gasteiger partial charge in [0.05, 0.1) is 6.54 Å². The first-order valence-corrected chi connectivity index (χ1v) is 4.03. The van der Waals surface area contributed by atoms with Crippen LogP contribution < -0.4 is 4.90 Å². The first-order valence-electron chi connectivity index (χ1n) is 4.03. The number of pyridine rings is 1. The minimum absolute atomic E-state index is 0.326. The van der Waals surface area contributed by atoms with Crippen molar-refractivity contribution in [2.75, 3.05) is 18.0 Å². The molecule has 0 atom stereocenters. The molecule has 12 heavy (non-hydrogen) atoms. The van der Waals surface area contributed by atoms with Gasteiger partial charge in [-0.3, -0.25) is 9.78 Å². The van der Waals surface area contributed by atoms with E-state index < -0.39 is 0 Å². The molecule has 3 nitrogen and oxygen atoms in total. The molecule has 0 saturated carbocycles. The summed E-state index contributed by atoms with van der Waals surface area (Å²) in [7, 11) is 0. The highest BCUT2D eigenvalue weighted by molar-refractivity contribution is 5.87. The summed E-state index contributed by atoms with van der Waals surface area (Å²) in [5.74, 6) is 0.326. The van der Waals surface area contributed by atoms with Crippen LogP contribution in [-0.4, -0.2) is 23.9 Å². The van der Waals surface area contributed by atoms with Crippen LogP contribution in [0.3, 0.4) is 0 Å². The maximum Gasteiger partial charge on any atom is 0.153 e. The monoisotopic (exact) mass is 162 g/mol. The van der Waals surface area contributed by atoms with Gasteiger partial charge in [0.25, 0.3) is 0 Å². The highest BCUT2D eigenvalue weighted by Gasteiger charge is 2.18. The summed E-state index contributed by atoms with van der Waals surface area (Å²) in [5, 5.41) is 0. The predicted octanol–water partition coefficient (Wildman–Crippen LogP) is 0.861. The van der Waals surface area contributed by atoms with E-state index in [-0.39, 0.29) is 0 Å². The molecule has 0 amide bonds. The Balaban J connectivity index is 2.16. The Labute approximate surface area is 71.0 Å². The zero-order valence-electron chi connectivity index (χ0n) is 6.73. The lowest BCUT2D eigenvalue weighted by Gasteiger charge is -2.15. The van der Waals surface area contributed by atoms with E-state index in [0.29, 0.717) is 18.7 Å². The van der Waals surface area contributed by atoms with Crippen LogP contribution in [0.1, 0.15) is 6.42 Å². The van der Waals surface area contributed by atoms with Crippen molar-refractivity contribution in [3.05, 3.63) is 24.5 Å². The molecule has 0 unspecified atom stereocenters. The van der Waals surface area contributed by atoms with Gasteiger partial charge in [-0.2, -0.15) is 0 Å². The smallest absolute Gasteiger partial charge is 0.153 e. The lowest BCUT2D eigenvalue weighted by atomic mass is 10.4. The van der Waals surface area contributed by atoms with Crippen molar-refractivity contribution in [3.8, 4) is 0 Å². The second kappa shape index (κ2) is 2.93. The molecule has 1 aromatic rings. The number of rotatable bonds is 1. The van der Waals surface area contributed by atoms with Crippen molar-refractivity contribution in [2.45, 2.75) is 6.42 Å². The van der Waals surface area contributed by atoms with Gasteiger partial charge in [-0.05, 0) is 12.1 Å². The van der Waals surface area contributed by atoms with Gasteiger partial charge in [-0.15, -0.1) is 0 Å². The second-order valence-electron chi connectivity index (χ2n) is 2.92. The van der Waals surface area contributed by atoms with Crippen LogP contribution in [0.4, 0.5) is 5.69 Å². The second-order valence-corrected chi connectivity index (χ2v) is 2.92. The van der Waals surface area contributed by atoms with Crippen LogP contribution in [0.5, 0.6) is 0 Å². The summed E-state index contributed by atoms with van der Waals surface area (Å²) < 4.78 is 0. The number of carbonyl (C=O) groups excluding carboxylic acids is 1. The number of carbonyl (C=O) groups is 1. The fraction of sp³-hybridized carbons (Fsp3) is 0.333. The minimum atomic E-state index is 0.326. The highest BCUT2D eigenvalue weighted by atomic mass is 16.1. The van der Waals surface area contributed by atoms with E-state index in [4.69, 9.17) is 0 Å². The van der Waals surface area contributed by atoms with Crippen LogP contribution in [-0.2, 0) is 4.79 Å². The highest BCUT2D eigenvalue weighted by Crippen LogP contribution is 2.16. The molecule has 0 aromatic carbocycles. The molecule has 0 aliphatic carbocycles.